The van der Waals surface area contributed by atoms with Crippen LogP contribution >= 0.6 is 0 Å². The maximum Gasteiger partial charge on any atom is 0.329 e. The second-order valence-electron chi connectivity index (χ2n) is 6.59. The summed E-state index contributed by atoms with van der Waals surface area (Å²) in [5.41, 5.74) is 1.44. The molecule has 1 atom stereocenters. The van der Waals surface area contributed by atoms with Gasteiger partial charge in [-0.25, -0.2) is 9.97 Å². The molecule has 0 aliphatic heterocycles. The minimum Gasteiger partial charge on any atom is -0.468 e. The van der Waals surface area contributed by atoms with E-state index in [0.717, 1.165) is 0 Å². The second kappa shape index (κ2) is 7.45. The number of fused-ring (bicyclic) bond motifs is 1. The number of nitriles is 1. The molecule has 2 rings (SSSR count). The fraction of sp³-hybridized carbons (Fsp3) is 0.444. The van der Waals surface area contributed by atoms with Crippen LogP contribution in [-0.4, -0.2) is 54.1 Å². The van der Waals surface area contributed by atoms with Gasteiger partial charge in [-0.3, -0.25) is 4.79 Å². The second-order valence-corrected chi connectivity index (χ2v) is 6.59. The molecule has 25 heavy (non-hydrogen) atoms. The van der Waals surface area contributed by atoms with Gasteiger partial charge in [0.05, 0.1) is 24.2 Å². The third kappa shape index (κ3) is 4.03. The minimum absolute atomic E-state index is 0.155. The number of carbonyl (C=O) groups is 1. The Morgan fingerprint density at radius 1 is 1.32 bits per heavy atom. The van der Waals surface area contributed by atoms with E-state index in [4.69, 9.17) is 4.74 Å². The summed E-state index contributed by atoms with van der Waals surface area (Å²) in [6.45, 7) is 4.73. The van der Waals surface area contributed by atoms with Crippen LogP contribution in [0.2, 0.25) is 0 Å². The Kier molecular flexibility index (Phi) is 5.55. The van der Waals surface area contributed by atoms with Gasteiger partial charge in [-0.15, -0.1) is 0 Å². The first-order valence-corrected chi connectivity index (χ1v) is 7.95. The Morgan fingerprint density at radius 3 is 2.44 bits per heavy atom. The first-order chi connectivity index (χ1) is 11.8. The van der Waals surface area contributed by atoms with E-state index in [1.165, 1.54) is 7.11 Å². The molecular weight excluding hydrogens is 318 g/mol. The van der Waals surface area contributed by atoms with Gasteiger partial charge in [0.25, 0.3) is 0 Å². The van der Waals surface area contributed by atoms with Crippen molar-refractivity contribution in [3.05, 3.63) is 30.0 Å². The third-order valence-corrected chi connectivity index (χ3v) is 4.34. The molecule has 0 unspecified atom stereocenters. The van der Waals surface area contributed by atoms with E-state index in [2.05, 4.69) is 34.0 Å². The van der Waals surface area contributed by atoms with Gasteiger partial charge in [0.1, 0.15) is 5.69 Å². The molecule has 0 spiro atoms. The quantitative estimate of drug-likeness (QED) is 0.805. The number of nitrogens with one attached hydrogen (secondary N) is 1. The zero-order valence-electron chi connectivity index (χ0n) is 15.2. The lowest BCUT2D eigenvalue weighted by atomic mass is 10.0. The predicted octanol–water partition coefficient (Wildman–Crippen LogP) is 2.16. The van der Waals surface area contributed by atoms with E-state index in [0.29, 0.717) is 23.4 Å². The highest BCUT2D eigenvalue weighted by Crippen LogP contribution is 2.25. The molecule has 0 amide bonds. The van der Waals surface area contributed by atoms with Crippen LogP contribution in [0.25, 0.3) is 11.0 Å². The monoisotopic (exact) mass is 341 g/mol. The van der Waals surface area contributed by atoms with Crippen molar-refractivity contribution in [2.24, 2.45) is 0 Å². The molecular formula is C18H23N5O2. The SMILES string of the molecule is COC(=O)[C@@H](C#N)c1nc2ccccc2nc1NCC(C)(C)N(C)C. The molecule has 0 aliphatic rings. The molecule has 7 nitrogen and oxygen atoms in total. The number of para-hydroxylation sites is 2. The van der Waals surface area contributed by atoms with Crippen LogP contribution in [0, 0.1) is 11.3 Å². The number of aromatic nitrogens is 2. The van der Waals surface area contributed by atoms with Gasteiger partial charge in [-0.05, 0) is 40.1 Å². The number of rotatable bonds is 6. The van der Waals surface area contributed by atoms with Crippen molar-refractivity contribution in [1.82, 2.24) is 14.9 Å². The number of esters is 1. The Hall–Kier alpha value is -2.72. The van der Waals surface area contributed by atoms with Gasteiger partial charge < -0.3 is 15.0 Å². The number of nitrogens with zero attached hydrogens (tertiary/aromatic N) is 4. The lowest BCUT2D eigenvalue weighted by molar-refractivity contribution is -0.141. The minimum atomic E-state index is -1.13. The third-order valence-electron chi connectivity index (χ3n) is 4.34. The Bertz CT molecular complexity index is 811. The molecule has 0 saturated heterocycles. The Balaban J connectivity index is 2.50. The molecule has 7 heteroatoms. The summed E-state index contributed by atoms with van der Waals surface area (Å²) in [4.78, 5) is 23.1. The molecule has 1 aromatic carbocycles. The lowest BCUT2D eigenvalue weighted by Gasteiger charge is -2.33. The fourth-order valence-corrected chi connectivity index (χ4v) is 2.15. The van der Waals surface area contributed by atoms with Gasteiger partial charge in [-0.1, -0.05) is 12.1 Å². The van der Waals surface area contributed by atoms with Gasteiger partial charge in [0.2, 0.25) is 0 Å². The van der Waals surface area contributed by atoms with Crippen LogP contribution in [0.3, 0.4) is 0 Å². The Morgan fingerprint density at radius 2 is 1.92 bits per heavy atom. The van der Waals surface area contributed by atoms with Gasteiger partial charge in [0, 0.05) is 12.1 Å². The topological polar surface area (TPSA) is 91.1 Å². The highest BCUT2D eigenvalue weighted by atomic mass is 16.5. The van der Waals surface area contributed by atoms with Crippen LogP contribution in [0.15, 0.2) is 24.3 Å². The number of hydrogen-bond acceptors (Lipinski definition) is 7. The number of ether oxygens (including phenoxy) is 1. The van der Waals surface area contributed by atoms with Crippen molar-refractivity contribution in [1.29, 1.82) is 5.26 Å². The van der Waals surface area contributed by atoms with Crippen LogP contribution < -0.4 is 5.32 Å². The van der Waals surface area contributed by atoms with E-state index in [1.54, 1.807) is 6.07 Å². The fourth-order valence-electron chi connectivity index (χ4n) is 2.15. The highest BCUT2D eigenvalue weighted by Gasteiger charge is 2.28. The van der Waals surface area contributed by atoms with Crippen molar-refractivity contribution in [2.75, 3.05) is 33.1 Å². The summed E-state index contributed by atoms with van der Waals surface area (Å²) in [5, 5.41) is 12.7. The summed E-state index contributed by atoms with van der Waals surface area (Å²) in [6.07, 6.45) is 0. The van der Waals surface area contributed by atoms with Crippen molar-refractivity contribution in [3.63, 3.8) is 0 Å². The number of carbonyl (C=O) groups excluding carboxylic acids is 1. The molecule has 1 aromatic heterocycles. The van der Waals surface area contributed by atoms with Crippen LogP contribution in [0.5, 0.6) is 0 Å². The van der Waals surface area contributed by atoms with Gasteiger partial charge >= 0.3 is 5.97 Å². The summed E-state index contributed by atoms with van der Waals surface area (Å²) in [7, 11) is 5.23. The number of likely N-dealkylation sites (N-methyl/N-ethyl adjacent to an activating group) is 1. The molecule has 0 saturated carbocycles. The first-order valence-electron chi connectivity index (χ1n) is 7.95. The maximum absolute atomic E-state index is 12.0. The van der Waals surface area contributed by atoms with E-state index < -0.39 is 11.9 Å². The van der Waals surface area contributed by atoms with Crippen LogP contribution in [0.1, 0.15) is 25.5 Å². The summed E-state index contributed by atoms with van der Waals surface area (Å²) in [5.74, 6) is -1.36. The molecule has 0 bridgehead atoms. The summed E-state index contributed by atoms with van der Waals surface area (Å²) in [6, 6.07) is 9.31. The molecule has 0 aliphatic carbocycles. The number of benzene rings is 1. The van der Waals surface area contributed by atoms with E-state index >= 15 is 0 Å². The average molecular weight is 341 g/mol. The molecule has 1 heterocycles. The van der Waals surface area contributed by atoms with Gasteiger partial charge in [-0.2, -0.15) is 5.26 Å². The zero-order chi connectivity index (χ0) is 18.6. The average Bonchev–Trinajstić information content (AvgIpc) is 2.60. The van der Waals surface area contributed by atoms with Crippen molar-refractivity contribution >= 4 is 22.8 Å². The largest absolute Gasteiger partial charge is 0.468 e. The van der Waals surface area contributed by atoms with Crippen molar-refractivity contribution in [2.45, 2.75) is 25.3 Å². The zero-order valence-corrected chi connectivity index (χ0v) is 15.2. The maximum atomic E-state index is 12.0. The first kappa shape index (κ1) is 18.6. The summed E-state index contributed by atoms with van der Waals surface area (Å²) >= 11 is 0. The molecule has 1 N–H and O–H groups in total. The number of hydrogen-bond donors (Lipinski definition) is 1. The van der Waals surface area contributed by atoms with Crippen molar-refractivity contribution in [3.8, 4) is 6.07 Å². The number of anilines is 1. The summed E-state index contributed by atoms with van der Waals surface area (Å²) < 4.78 is 4.74. The highest BCUT2D eigenvalue weighted by molar-refractivity contribution is 5.84. The van der Waals surface area contributed by atoms with Gasteiger partial charge in [0.15, 0.2) is 11.7 Å². The van der Waals surface area contributed by atoms with E-state index in [1.807, 2.05) is 38.4 Å². The Labute approximate surface area is 147 Å². The smallest absolute Gasteiger partial charge is 0.329 e. The number of methoxy groups -OCH3 is 1. The molecule has 132 valence electrons. The van der Waals surface area contributed by atoms with Crippen LogP contribution in [-0.2, 0) is 9.53 Å². The normalized spacial score (nSPS) is 12.7. The predicted molar refractivity (Wildman–Crippen MR) is 96.2 cm³/mol. The van der Waals surface area contributed by atoms with Crippen molar-refractivity contribution < 1.29 is 9.53 Å². The lowest BCUT2D eigenvalue weighted by Crippen LogP contribution is -2.44. The molecule has 0 radical (unpaired) electrons. The van der Waals surface area contributed by atoms with Crippen LogP contribution in [0.4, 0.5) is 5.82 Å². The van der Waals surface area contributed by atoms with E-state index in [-0.39, 0.29) is 11.2 Å². The standard InChI is InChI=1S/C18H23N5O2/c1-18(2,23(3)4)11-20-16-15(12(10-19)17(24)25-5)21-13-8-6-7-9-14(13)22-16/h6-9,12H,11H2,1-5H3,(H,20,22)/t12-/m0/s1. The molecule has 0 fully saturated rings. The molecule has 2 aromatic rings. The van der Waals surface area contributed by atoms with E-state index in [9.17, 15) is 10.1 Å².